The van der Waals surface area contributed by atoms with Gasteiger partial charge in [-0.2, -0.15) is 0 Å². The fourth-order valence-electron chi connectivity index (χ4n) is 3.40. The number of thiazole rings is 1. The second kappa shape index (κ2) is 12.1. The molecule has 1 aliphatic heterocycles. The zero-order valence-electron chi connectivity index (χ0n) is 22.5. The summed E-state index contributed by atoms with van der Waals surface area (Å²) in [6.07, 6.45) is 0.935. The lowest BCUT2D eigenvalue weighted by molar-refractivity contribution is 0.0153. The Hall–Kier alpha value is -1.53. The number of ether oxygens (including phenoxy) is 2. The maximum atomic E-state index is 13.0. The summed E-state index contributed by atoms with van der Waals surface area (Å²) in [6.45, 7) is 21.1. The molecule has 1 N–H and O–H groups in total. The summed E-state index contributed by atoms with van der Waals surface area (Å²) in [7, 11) is -2.00. The molecule has 0 radical (unpaired) electrons. The van der Waals surface area contributed by atoms with Crippen molar-refractivity contribution in [3.63, 3.8) is 0 Å². The van der Waals surface area contributed by atoms with Gasteiger partial charge in [-0.05, 0) is 51.7 Å². The number of carbonyl (C=O) groups excluding carboxylic acids is 1. The van der Waals surface area contributed by atoms with Gasteiger partial charge in [-0.1, -0.05) is 20.8 Å². The van der Waals surface area contributed by atoms with Gasteiger partial charge in [-0.15, -0.1) is 11.3 Å². The number of aromatic nitrogens is 1. The first-order valence-corrected chi connectivity index (χ1v) is 16.0. The third-order valence-corrected chi connectivity index (χ3v) is 11.7. The van der Waals surface area contributed by atoms with Crippen LogP contribution >= 0.6 is 11.3 Å². The maximum absolute atomic E-state index is 13.0. The molecule has 1 amide bonds. The number of carboxylic acid groups (broad SMARTS) is 1. The minimum Gasteiger partial charge on any atom is -0.476 e. The second-order valence-corrected chi connectivity index (χ2v) is 17.1. The van der Waals surface area contributed by atoms with E-state index in [1.165, 1.54) is 10.3 Å². The van der Waals surface area contributed by atoms with E-state index in [-0.39, 0.29) is 16.8 Å². The minimum atomic E-state index is -2.00. The SMILES string of the molecule is CC(C)(C)OC(=O)N(CCCC(CN1CCOCC1)O[Si](C)(C)C(C)(C)C)c1nc(C(=O)O)cs1. The largest absolute Gasteiger partial charge is 0.476 e. The molecule has 200 valence electrons. The number of anilines is 1. The highest BCUT2D eigenvalue weighted by molar-refractivity contribution is 7.14. The van der Waals surface area contributed by atoms with Gasteiger partial charge in [-0.25, -0.2) is 14.6 Å². The van der Waals surface area contributed by atoms with Gasteiger partial charge in [0, 0.05) is 31.6 Å². The van der Waals surface area contributed by atoms with Crippen LogP contribution in [0.15, 0.2) is 5.38 Å². The van der Waals surface area contributed by atoms with Gasteiger partial charge in [0.05, 0.1) is 19.3 Å². The summed E-state index contributed by atoms with van der Waals surface area (Å²) >= 11 is 1.13. The molecule has 0 bridgehead atoms. The van der Waals surface area contributed by atoms with E-state index in [0.717, 1.165) is 50.6 Å². The maximum Gasteiger partial charge on any atom is 0.416 e. The molecule has 9 nitrogen and oxygen atoms in total. The molecule has 0 spiro atoms. The predicted molar refractivity (Wildman–Crippen MR) is 141 cm³/mol. The van der Waals surface area contributed by atoms with E-state index in [0.29, 0.717) is 18.1 Å². The normalized spacial score (nSPS) is 16.7. The summed E-state index contributed by atoms with van der Waals surface area (Å²) in [5.74, 6) is -1.12. The Morgan fingerprint density at radius 3 is 2.37 bits per heavy atom. The van der Waals surface area contributed by atoms with E-state index >= 15 is 0 Å². The summed E-state index contributed by atoms with van der Waals surface area (Å²) in [5, 5.41) is 11.1. The molecule has 0 saturated carbocycles. The van der Waals surface area contributed by atoms with Gasteiger partial charge in [0.1, 0.15) is 5.60 Å². The van der Waals surface area contributed by atoms with Crippen LogP contribution in [0.2, 0.25) is 18.1 Å². The van der Waals surface area contributed by atoms with Gasteiger partial charge < -0.3 is 19.0 Å². The first-order valence-electron chi connectivity index (χ1n) is 12.3. The second-order valence-electron chi connectivity index (χ2n) is 11.5. The molecule has 1 fully saturated rings. The quantitative estimate of drug-likeness (QED) is 0.419. The lowest BCUT2D eigenvalue weighted by Gasteiger charge is -2.41. The molecule has 1 saturated heterocycles. The Kier molecular flexibility index (Phi) is 10.3. The van der Waals surface area contributed by atoms with Crippen molar-refractivity contribution in [2.45, 2.75) is 84.2 Å². The van der Waals surface area contributed by atoms with Crippen LogP contribution < -0.4 is 4.90 Å². The summed E-state index contributed by atoms with van der Waals surface area (Å²) in [6, 6.07) is 0. The molecule has 0 aliphatic carbocycles. The molecule has 1 atom stereocenters. The van der Waals surface area contributed by atoms with E-state index in [9.17, 15) is 14.7 Å². The number of rotatable bonds is 10. The van der Waals surface area contributed by atoms with Crippen LogP contribution in [0, 0.1) is 0 Å². The zero-order chi connectivity index (χ0) is 26.4. The molecule has 2 heterocycles. The summed E-state index contributed by atoms with van der Waals surface area (Å²) < 4.78 is 17.9. The minimum absolute atomic E-state index is 0.0281. The molecule has 1 aliphatic rings. The standard InChI is InChI=1S/C24H43N3O6SSi/c1-23(2,3)32-22(30)27(21-25-19(17-34-21)20(28)29)11-9-10-18(16-26-12-14-31-15-13-26)33-35(7,8)24(4,5)6/h17-18H,9-16H2,1-8H3,(H,28,29). The van der Waals surface area contributed by atoms with Crippen molar-refractivity contribution in [3.05, 3.63) is 11.1 Å². The summed E-state index contributed by atoms with van der Waals surface area (Å²) in [5.41, 5.74) is -0.753. The smallest absolute Gasteiger partial charge is 0.416 e. The van der Waals surface area contributed by atoms with Crippen LogP contribution in [0.4, 0.5) is 9.93 Å². The van der Waals surface area contributed by atoms with Gasteiger partial charge >= 0.3 is 12.1 Å². The lowest BCUT2D eigenvalue weighted by atomic mass is 10.1. The van der Waals surface area contributed by atoms with Crippen molar-refractivity contribution in [2.75, 3.05) is 44.3 Å². The van der Waals surface area contributed by atoms with E-state index < -0.39 is 26.0 Å². The Morgan fingerprint density at radius 2 is 1.86 bits per heavy atom. The van der Waals surface area contributed by atoms with Crippen LogP contribution in [0.3, 0.4) is 0 Å². The Morgan fingerprint density at radius 1 is 1.23 bits per heavy atom. The van der Waals surface area contributed by atoms with Crippen molar-refractivity contribution in [1.82, 2.24) is 9.88 Å². The van der Waals surface area contributed by atoms with Crippen LogP contribution in [-0.4, -0.2) is 86.5 Å². The number of hydrogen-bond acceptors (Lipinski definition) is 8. The van der Waals surface area contributed by atoms with Crippen molar-refractivity contribution in [1.29, 1.82) is 0 Å². The molecule has 1 aromatic rings. The lowest BCUT2D eigenvalue weighted by Crippen LogP contribution is -2.49. The average Bonchev–Trinajstić information content (AvgIpc) is 3.19. The Bertz CT molecular complexity index is 843. The van der Waals surface area contributed by atoms with E-state index in [4.69, 9.17) is 13.9 Å². The highest BCUT2D eigenvalue weighted by Crippen LogP contribution is 2.38. The Balaban J connectivity index is 2.14. The zero-order valence-corrected chi connectivity index (χ0v) is 24.4. The fraction of sp³-hybridized carbons (Fsp3) is 0.792. The van der Waals surface area contributed by atoms with Gasteiger partial charge in [-0.3, -0.25) is 9.80 Å². The fourth-order valence-corrected chi connectivity index (χ4v) is 5.59. The number of nitrogens with zero attached hydrogens (tertiary/aromatic N) is 3. The number of amides is 1. The number of aromatic carboxylic acids is 1. The summed E-state index contributed by atoms with van der Waals surface area (Å²) in [4.78, 5) is 32.3. The van der Waals surface area contributed by atoms with Gasteiger partial charge in [0.25, 0.3) is 0 Å². The van der Waals surface area contributed by atoms with Crippen molar-refractivity contribution in [2.24, 2.45) is 0 Å². The van der Waals surface area contributed by atoms with Crippen LogP contribution in [0.5, 0.6) is 0 Å². The van der Waals surface area contributed by atoms with Crippen LogP contribution in [-0.2, 0) is 13.9 Å². The topological polar surface area (TPSA) is 101 Å². The molecule has 1 unspecified atom stereocenters. The van der Waals surface area contributed by atoms with E-state index in [2.05, 4.69) is 43.7 Å². The molecule has 35 heavy (non-hydrogen) atoms. The van der Waals surface area contributed by atoms with Gasteiger partial charge in [0.15, 0.2) is 19.1 Å². The number of morpholine rings is 1. The first kappa shape index (κ1) is 29.7. The molecule has 1 aromatic heterocycles. The third kappa shape index (κ3) is 9.45. The number of carboxylic acids is 1. The first-order chi connectivity index (χ1) is 16.1. The predicted octanol–water partition coefficient (Wildman–Crippen LogP) is 5.09. The number of carbonyl (C=O) groups is 2. The molecule has 11 heteroatoms. The Labute approximate surface area is 214 Å². The average molecular weight is 530 g/mol. The molecule has 0 aromatic carbocycles. The van der Waals surface area contributed by atoms with Crippen molar-refractivity contribution in [3.8, 4) is 0 Å². The molecular formula is C24H43N3O6SSi. The molecule has 2 rings (SSSR count). The highest BCUT2D eigenvalue weighted by Gasteiger charge is 2.39. The van der Waals surface area contributed by atoms with E-state index in [1.807, 2.05) is 0 Å². The van der Waals surface area contributed by atoms with Crippen LogP contribution in [0.1, 0.15) is 64.9 Å². The highest BCUT2D eigenvalue weighted by atomic mass is 32.1. The number of hydrogen-bond donors (Lipinski definition) is 1. The monoisotopic (exact) mass is 529 g/mol. The van der Waals surface area contributed by atoms with Crippen molar-refractivity contribution >= 4 is 36.8 Å². The van der Waals surface area contributed by atoms with Crippen molar-refractivity contribution < 1.29 is 28.6 Å². The van der Waals surface area contributed by atoms with E-state index in [1.54, 1.807) is 20.8 Å². The van der Waals surface area contributed by atoms with Gasteiger partial charge in [0.2, 0.25) is 0 Å². The molecular weight excluding hydrogens is 486 g/mol. The third-order valence-electron chi connectivity index (χ3n) is 6.30. The van der Waals surface area contributed by atoms with Crippen LogP contribution in [0.25, 0.3) is 0 Å².